The summed E-state index contributed by atoms with van der Waals surface area (Å²) in [6.07, 6.45) is 2.97. The van der Waals surface area contributed by atoms with Gasteiger partial charge < -0.3 is 10.2 Å². The fourth-order valence-electron chi connectivity index (χ4n) is 3.59. The van der Waals surface area contributed by atoms with Gasteiger partial charge in [-0.05, 0) is 55.4 Å². The Morgan fingerprint density at radius 1 is 1.24 bits per heavy atom. The molecular formula is C18H24N2O4S. The Balaban J connectivity index is 1.52. The minimum Gasteiger partial charge on any atom is -0.352 e. The van der Waals surface area contributed by atoms with E-state index in [0.29, 0.717) is 37.4 Å². The average Bonchev–Trinajstić information content (AvgIpc) is 2.99. The van der Waals surface area contributed by atoms with E-state index in [1.807, 2.05) is 12.1 Å². The fraction of sp³-hybridized carbons (Fsp3) is 0.556. The lowest BCUT2D eigenvalue weighted by Crippen LogP contribution is -2.29. The van der Waals surface area contributed by atoms with Gasteiger partial charge in [0.05, 0.1) is 11.5 Å². The molecule has 1 aromatic carbocycles. The Hall–Kier alpha value is -1.89. The molecule has 1 saturated heterocycles. The van der Waals surface area contributed by atoms with Gasteiger partial charge in [0.25, 0.3) is 5.91 Å². The number of hydrogen-bond donors (Lipinski definition) is 1. The van der Waals surface area contributed by atoms with E-state index in [9.17, 15) is 18.0 Å². The molecule has 2 aliphatic heterocycles. The van der Waals surface area contributed by atoms with Crippen LogP contribution in [0.4, 0.5) is 5.69 Å². The van der Waals surface area contributed by atoms with E-state index < -0.39 is 9.84 Å². The highest BCUT2D eigenvalue weighted by Gasteiger charge is 2.24. The molecule has 0 atom stereocenters. The van der Waals surface area contributed by atoms with Gasteiger partial charge in [-0.3, -0.25) is 9.59 Å². The third kappa shape index (κ3) is 4.21. The Labute approximate surface area is 148 Å². The van der Waals surface area contributed by atoms with Crippen LogP contribution in [0.1, 0.15) is 42.1 Å². The molecule has 136 valence electrons. The summed E-state index contributed by atoms with van der Waals surface area (Å²) in [6, 6.07) is 5.45. The summed E-state index contributed by atoms with van der Waals surface area (Å²) in [5.41, 5.74) is 2.53. The molecule has 2 amide bonds. The molecule has 0 aromatic heterocycles. The maximum absolute atomic E-state index is 12.3. The quantitative estimate of drug-likeness (QED) is 0.878. The zero-order chi connectivity index (χ0) is 18.0. The molecule has 0 unspecified atom stereocenters. The molecule has 2 aliphatic rings. The minimum atomic E-state index is -2.83. The van der Waals surface area contributed by atoms with Crippen molar-refractivity contribution >= 4 is 27.3 Å². The lowest BCUT2D eigenvalue weighted by Gasteiger charge is -2.21. The van der Waals surface area contributed by atoms with E-state index in [-0.39, 0.29) is 23.3 Å². The van der Waals surface area contributed by atoms with Gasteiger partial charge in [0.2, 0.25) is 5.91 Å². The molecule has 0 radical (unpaired) electrons. The maximum atomic E-state index is 12.3. The second-order valence-electron chi connectivity index (χ2n) is 6.90. The number of amides is 2. The van der Waals surface area contributed by atoms with Crippen LogP contribution in [-0.4, -0.2) is 44.8 Å². The second kappa shape index (κ2) is 7.15. The van der Waals surface area contributed by atoms with Crippen molar-refractivity contribution in [2.24, 2.45) is 5.92 Å². The van der Waals surface area contributed by atoms with Crippen LogP contribution in [0.3, 0.4) is 0 Å². The summed E-state index contributed by atoms with van der Waals surface area (Å²) in [6.45, 7) is 2.77. The van der Waals surface area contributed by atoms with Gasteiger partial charge in [0, 0.05) is 31.3 Å². The van der Waals surface area contributed by atoms with E-state index in [1.165, 1.54) is 0 Å². The summed E-state index contributed by atoms with van der Waals surface area (Å²) in [5.74, 6) is 0.803. The molecule has 2 heterocycles. The highest BCUT2D eigenvalue weighted by molar-refractivity contribution is 7.91. The number of anilines is 1. The topological polar surface area (TPSA) is 83.6 Å². The first-order valence-corrected chi connectivity index (χ1v) is 10.6. The molecule has 0 aliphatic carbocycles. The Bertz CT molecular complexity index is 774. The van der Waals surface area contributed by atoms with Crippen molar-refractivity contribution in [3.05, 3.63) is 29.3 Å². The van der Waals surface area contributed by atoms with E-state index in [2.05, 4.69) is 5.32 Å². The highest BCUT2D eigenvalue weighted by atomic mass is 32.2. The summed E-state index contributed by atoms with van der Waals surface area (Å²) in [7, 11) is -2.83. The van der Waals surface area contributed by atoms with Gasteiger partial charge in [0.15, 0.2) is 0 Å². The van der Waals surface area contributed by atoms with Crippen molar-refractivity contribution in [3.8, 4) is 0 Å². The first-order chi connectivity index (χ1) is 11.9. The number of nitrogens with zero attached hydrogens (tertiary/aromatic N) is 1. The third-order valence-corrected chi connectivity index (χ3v) is 6.85. The number of rotatable bonds is 4. The minimum absolute atomic E-state index is 0.0189. The van der Waals surface area contributed by atoms with Gasteiger partial charge in [-0.1, -0.05) is 0 Å². The number of sulfone groups is 1. The number of hydrogen-bond acceptors (Lipinski definition) is 4. The first-order valence-electron chi connectivity index (χ1n) is 8.75. The van der Waals surface area contributed by atoms with Crippen LogP contribution < -0.4 is 10.2 Å². The number of carbonyl (C=O) groups is 2. The van der Waals surface area contributed by atoms with Gasteiger partial charge in [0.1, 0.15) is 9.84 Å². The molecule has 3 rings (SSSR count). The number of carbonyl (C=O) groups excluding carboxylic acids is 2. The average molecular weight is 364 g/mol. The molecular weight excluding hydrogens is 340 g/mol. The zero-order valence-electron chi connectivity index (χ0n) is 14.5. The Kier molecular flexibility index (Phi) is 5.13. The third-order valence-electron chi connectivity index (χ3n) is 5.13. The second-order valence-corrected chi connectivity index (χ2v) is 9.21. The standard InChI is InChI=1S/C18H24N2O4S/c1-13(21)20-9-5-15-12-16(2-3-17(15)20)18(22)19-8-4-14-6-10-25(23,24)11-7-14/h2-3,12,14H,4-11H2,1H3,(H,19,22). The van der Waals surface area contributed by atoms with Crippen LogP contribution in [0.2, 0.25) is 0 Å². The van der Waals surface area contributed by atoms with E-state index in [0.717, 1.165) is 24.1 Å². The highest BCUT2D eigenvalue weighted by Crippen LogP contribution is 2.29. The number of benzene rings is 1. The van der Waals surface area contributed by atoms with Crippen LogP contribution in [0.5, 0.6) is 0 Å². The summed E-state index contributed by atoms with van der Waals surface area (Å²) in [5, 5.41) is 2.92. The van der Waals surface area contributed by atoms with Crippen molar-refractivity contribution in [2.45, 2.75) is 32.6 Å². The predicted octanol–water partition coefficient (Wildman–Crippen LogP) is 1.54. The lowest BCUT2D eigenvalue weighted by atomic mass is 9.99. The van der Waals surface area contributed by atoms with Crippen LogP contribution in [0, 0.1) is 5.92 Å². The van der Waals surface area contributed by atoms with Gasteiger partial charge in [-0.2, -0.15) is 0 Å². The molecule has 1 fully saturated rings. The fourth-order valence-corrected chi connectivity index (χ4v) is 5.18. The van der Waals surface area contributed by atoms with Gasteiger partial charge >= 0.3 is 0 Å². The first kappa shape index (κ1) is 17.9. The van der Waals surface area contributed by atoms with E-state index >= 15 is 0 Å². The maximum Gasteiger partial charge on any atom is 0.251 e. The van der Waals surface area contributed by atoms with Crippen molar-refractivity contribution in [1.29, 1.82) is 0 Å². The summed E-state index contributed by atoms with van der Waals surface area (Å²) < 4.78 is 22.9. The number of fused-ring (bicyclic) bond motifs is 1. The summed E-state index contributed by atoms with van der Waals surface area (Å²) in [4.78, 5) is 25.6. The predicted molar refractivity (Wildman–Crippen MR) is 96.5 cm³/mol. The van der Waals surface area contributed by atoms with Gasteiger partial charge in [-0.25, -0.2) is 8.42 Å². The van der Waals surface area contributed by atoms with Gasteiger partial charge in [-0.15, -0.1) is 0 Å². The van der Waals surface area contributed by atoms with Crippen LogP contribution >= 0.6 is 0 Å². The zero-order valence-corrected chi connectivity index (χ0v) is 15.3. The van der Waals surface area contributed by atoms with Crippen LogP contribution in [-0.2, 0) is 21.1 Å². The molecule has 6 nitrogen and oxygen atoms in total. The molecule has 7 heteroatoms. The Morgan fingerprint density at radius 2 is 1.96 bits per heavy atom. The molecule has 1 aromatic rings. The van der Waals surface area contributed by atoms with E-state index in [4.69, 9.17) is 0 Å². The van der Waals surface area contributed by atoms with Crippen molar-refractivity contribution < 1.29 is 18.0 Å². The smallest absolute Gasteiger partial charge is 0.251 e. The molecule has 25 heavy (non-hydrogen) atoms. The molecule has 0 bridgehead atoms. The van der Waals surface area contributed by atoms with Crippen molar-refractivity contribution in [1.82, 2.24) is 5.32 Å². The molecule has 0 spiro atoms. The lowest BCUT2D eigenvalue weighted by molar-refractivity contribution is -0.116. The van der Waals surface area contributed by atoms with Crippen LogP contribution in [0.25, 0.3) is 0 Å². The monoisotopic (exact) mass is 364 g/mol. The number of nitrogens with one attached hydrogen (secondary N) is 1. The normalized spacial score (nSPS) is 19.5. The largest absolute Gasteiger partial charge is 0.352 e. The van der Waals surface area contributed by atoms with Crippen molar-refractivity contribution in [3.63, 3.8) is 0 Å². The molecule has 0 saturated carbocycles. The molecule has 1 N–H and O–H groups in total. The van der Waals surface area contributed by atoms with Crippen molar-refractivity contribution in [2.75, 3.05) is 29.5 Å². The Morgan fingerprint density at radius 3 is 2.64 bits per heavy atom. The van der Waals surface area contributed by atoms with Crippen LogP contribution in [0.15, 0.2) is 18.2 Å². The summed E-state index contributed by atoms with van der Waals surface area (Å²) >= 11 is 0. The SMILES string of the molecule is CC(=O)N1CCc2cc(C(=O)NCCC3CCS(=O)(=O)CC3)ccc21. The van der Waals surface area contributed by atoms with E-state index in [1.54, 1.807) is 17.9 Å².